The first-order valence-electron chi connectivity index (χ1n) is 10.7. The van der Waals surface area contributed by atoms with Crippen LogP contribution in [-0.2, 0) is 21.9 Å². The third-order valence-corrected chi connectivity index (χ3v) is 7.63. The molecule has 0 heterocycles. The molecule has 0 fully saturated rings. The van der Waals surface area contributed by atoms with Gasteiger partial charge in [-0.25, -0.2) is 12.8 Å². The van der Waals surface area contributed by atoms with Crippen LogP contribution in [0.3, 0.4) is 0 Å². The molecule has 2 rings (SSSR count). The normalized spacial score (nSPS) is 13.4. The molecular formula is C24H23F7INO4S. The predicted molar refractivity (Wildman–Crippen MR) is 135 cm³/mol. The average molecular weight is 681 g/mol. The van der Waals surface area contributed by atoms with E-state index in [-0.39, 0.29) is 22.3 Å². The zero-order chi connectivity index (χ0) is 29.5. The van der Waals surface area contributed by atoms with E-state index in [0.717, 1.165) is 19.2 Å². The second-order valence-corrected chi connectivity index (χ2v) is 12.8. The monoisotopic (exact) mass is 681 g/mol. The highest BCUT2D eigenvalue weighted by Gasteiger charge is 2.73. The number of amides is 1. The van der Waals surface area contributed by atoms with Crippen LogP contribution in [0.1, 0.15) is 51.3 Å². The van der Waals surface area contributed by atoms with Crippen molar-refractivity contribution in [2.75, 3.05) is 12.0 Å². The van der Waals surface area contributed by atoms with Gasteiger partial charge in [0.25, 0.3) is 5.91 Å². The molecule has 0 radical (unpaired) electrons. The van der Waals surface area contributed by atoms with Gasteiger partial charge in [0.15, 0.2) is 5.78 Å². The van der Waals surface area contributed by atoms with Gasteiger partial charge in [0.05, 0.1) is 11.3 Å². The molecular weight excluding hydrogens is 658 g/mol. The molecule has 0 bridgehead atoms. The Balaban J connectivity index is 2.43. The van der Waals surface area contributed by atoms with Crippen LogP contribution in [-0.4, -0.2) is 50.0 Å². The SMILES string of the molecule is Cc1cc(C(F)(C(F)(F)F)C(F)(F)F)ccc1CC(=O)c1cccc(I)c1C(=O)NC(C)(C)CS(C)(=O)=O. The van der Waals surface area contributed by atoms with Gasteiger partial charge in [0, 0.05) is 32.9 Å². The lowest BCUT2D eigenvalue weighted by molar-refractivity contribution is -0.348. The van der Waals surface area contributed by atoms with Gasteiger partial charge in [0.1, 0.15) is 9.84 Å². The van der Waals surface area contributed by atoms with Crippen molar-refractivity contribution in [2.24, 2.45) is 0 Å². The Morgan fingerprint density at radius 3 is 1.97 bits per heavy atom. The van der Waals surface area contributed by atoms with Gasteiger partial charge in [-0.15, -0.1) is 0 Å². The van der Waals surface area contributed by atoms with Crippen molar-refractivity contribution in [1.29, 1.82) is 0 Å². The first kappa shape index (κ1) is 32.0. The van der Waals surface area contributed by atoms with E-state index in [2.05, 4.69) is 5.32 Å². The van der Waals surface area contributed by atoms with Crippen LogP contribution >= 0.6 is 22.6 Å². The molecule has 0 saturated carbocycles. The topological polar surface area (TPSA) is 80.3 Å². The minimum Gasteiger partial charge on any atom is -0.346 e. The summed E-state index contributed by atoms with van der Waals surface area (Å²) >= 11 is 1.79. The summed E-state index contributed by atoms with van der Waals surface area (Å²) < 4.78 is 117. The maximum absolute atomic E-state index is 14.4. The lowest BCUT2D eigenvalue weighted by Gasteiger charge is -2.30. The summed E-state index contributed by atoms with van der Waals surface area (Å²) in [7, 11) is -3.48. The summed E-state index contributed by atoms with van der Waals surface area (Å²) in [5, 5.41) is 2.56. The van der Waals surface area contributed by atoms with E-state index in [0.29, 0.717) is 15.7 Å². The van der Waals surface area contributed by atoms with Gasteiger partial charge in [0.2, 0.25) is 0 Å². The lowest BCUT2D eigenvalue weighted by atomic mass is 9.89. The molecule has 1 N–H and O–H groups in total. The van der Waals surface area contributed by atoms with Gasteiger partial charge in [-0.2, -0.15) is 26.3 Å². The van der Waals surface area contributed by atoms with Crippen LogP contribution in [0, 0.1) is 10.5 Å². The van der Waals surface area contributed by atoms with Crippen molar-refractivity contribution in [3.8, 4) is 0 Å². The molecule has 210 valence electrons. The number of carbonyl (C=O) groups excluding carboxylic acids is 2. The van der Waals surface area contributed by atoms with E-state index in [4.69, 9.17) is 0 Å². The lowest BCUT2D eigenvalue weighted by Crippen LogP contribution is -2.50. The summed E-state index contributed by atoms with van der Waals surface area (Å²) in [6.45, 7) is 4.08. The number of benzene rings is 2. The Labute approximate surface area is 228 Å². The number of nitrogens with one attached hydrogen (secondary N) is 1. The maximum Gasteiger partial charge on any atom is 0.435 e. The number of sulfone groups is 1. The van der Waals surface area contributed by atoms with Crippen LogP contribution in [0.15, 0.2) is 36.4 Å². The molecule has 0 unspecified atom stereocenters. The minimum atomic E-state index is -6.27. The van der Waals surface area contributed by atoms with Crippen molar-refractivity contribution in [2.45, 2.75) is 50.8 Å². The molecule has 0 atom stereocenters. The van der Waals surface area contributed by atoms with Gasteiger partial charge >= 0.3 is 18.0 Å². The number of alkyl halides is 7. The molecule has 0 spiro atoms. The third kappa shape index (κ3) is 7.04. The summed E-state index contributed by atoms with van der Waals surface area (Å²) in [5.74, 6) is -1.84. The standard InChI is InChI=1S/C24H23F7INO4S/c1-13-10-15(22(25,23(26,27)28)24(29,30)31)9-8-14(13)11-18(34)16-6-5-7-17(32)19(16)20(35)33-21(2,3)12-38(4,36)37/h5-10H,11-12H2,1-4H3,(H,33,35). The van der Waals surface area contributed by atoms with Crippen LogP contribution in [0.5, 0.6) is 0 Å². The Morgan fingerprint density at radius 1 is 0.947 bits per heavy atom. The van der Waals surface area contributed by atoms with Crippen LogP contribution < -0.4 is 5.32 Å². The van der Waals surface area contributed by atoms with E-state index in [1.165, 1.54) is 32.0 Å². The second-order valence-electron chi connectivity index (χ2n) is 9.47. The van der Waals surface area contributed by atoms with Crippen molar-refractivity contribution < 1.29 is 48.7 Å². The van der Waals surface area contributed by atoms with Crippen LogP contribution in [0.4, 0.5) is 30.7 Å². The number of ketones is 1. The molecule has 0 aromatic heterocycles. The van der Waals surface area contributed by atoms with Crippen molar-refractivity contribution in [3.05, 3.63) is 67.8 Å². The Hall–Kier alpha value is -2.23. The second kappa shape index (κ2) is 10.7. The Morgan fingerprint density at radius 2 is 1.50 bits per heavy atom. The van der Waals surface area contributed by atoms with Gasteiger partial charge in [-0.3, -0.25) is 9.59 Å². The number of hydrogen-bond acceptors (Lipinski definition) is 4. The predicted octanol–water partition coefficient (Wildman–Crippen LogP) is 5.87. The fourth-order valence-corrected chi connectivity index (χ4v) is 6.04. The van der Waals surface area contributed by atoms with Crippen LogP contribution in [0.25, 0.3) is 0 Å². The van der Waals surface area contributed by atoms with Gasteiger partial charge in [-0.05, 0) is 60.6 Å². The number of rotatable bonds is 8. The number of Topliss-reactive ketones (excluding diaryl/α,β-unsaturated/α-hetero) is 1. The maximum atomic E-state index is 14.4. The van der Waals surface area contributed by atoms with E-state index < -0.39 is 62.8 Å². The summed E-state index contributed by atoms with van der Waals surface area (Å²) in [4.78, 5) is 26.2. The van der Waals surface area contributed by atoms with E-state index in [9.17, 15) is 48.7 Å². The third-order valence-electron chi connectivity index (χ3n) is 5.49. The van der Waals surface area contributed by atoms with Gasteiger partial charge in [-0.1, -0.05) is 30.3 Å². The summed E-state index contributed by atoms with van der Waals surface area (Å²) in [6, 6.07) is 5.81. The molecule has 1 amide bonds. The highest BCUT2D eigenvalue weighted by molar-refractivity contribution is 14.1. The number of carbonyl (C=O) groups is 2. The molecule has 0 saturated heterocycles. The summed E-state index contributed by atoms with van der Waals surface area (Å²) in [6.07, 6.45) is -12.1. The molecule has 38 heavy (non-hydrogen) atoms. The molecule has 2 aromatic carbocycles. The van der Waals surface area contributed by atoms with E-state index in [1.54, 1.807) is 22.6 Å². The summed E-state index contributed by atoms with van der Waals surface area (Å²) in [5.41, 5.74) is -8.83. The smallest absolute Gasteiger partial charge is 0.346 e. The fourth-order valence-electron chi connectivity index (χ4n) is 3.91. The fraction of sp³-hybridized carbons (Fsp3) is 0.417. The van der Waals surface area contributed by atoms with Crippen molar-refractivity contribution in [1.82, 2.24) is 5.32 Å². The number of halogens is 8. The number of aryl methyl sites for hydroxylation is 1. The minimum absolute atomic E-state index is 0.0214. The first-order valence-corrected chi connectivity index (χ1v) is 13.9. The molecule has 0 aliphatic heterocycles. The van der Waals surface area contributed by atoms with Gasteiger partial charge < -0.3 is 5.32 Å². The number of hydrogen-bond donors (Lipinski definition) is 1. The molecule has 0 aliphatic carbocycles. The molecule has 5 nitrogen and oxygen atoms in total. The molecule has 2 aromatic rings. The Kier molecular flexibility index (Phi) is 9.04. The van der Waals surface area contributed by atoms with Crippen molar-refractivity contribution in [3.63, 3.8) is 0 Å². The zero-order valence-electron chi connectivity index (χ0n) is 20.4. The van der Waals surface area contributed by atoms with Crippen molar-refractivity contribution >= 4 is 44.1 Å². The zero-order valence-corrected chi connectivity index (χ0v) is 23.4. The average Bonchev–Trinajstić information content (AvgIpc) is 2.70. The van der Waals surface area contributed by atoms with Crippen LogP contribution in [0.2, 0.25) is 0 Å². The highest BCUT2D eigenvalue weighted by Crippen LogP contribution is 2.53. The highest BCUT2D eigenvalue weighted by atomic mass is 127. The largest absolute Gasteiger partial charge is 0.435 e. The quantitative estimate of drug-likeness (QED) is 0.215. The van der Waals surface area contributed by atoms with E-state index >= 15 is 0 Å². The molecule has 14 heteroatoms. The molecule has 0 aliphatic rings. The van der Waals surface area contributed by atoms with E-state index in [1.807, 2.05) is 0 Å². The first-order chi connectivity index (χ1) is 17.0. The Bertz CT molecular complexity index is 1340.